The molecule has 0 unspecified atom stereocenters. The molecule has 0 saturated heterocycles. The monoisotopic (exact) mass is 365 g/mol. The van der Waals surface area contributed by atoms with E-state index < -0.39 is 0 Å². The normalized spacial score (nSPS) is 11.2. The molecule has 25 heavy (non-hydrogen) atoms. The summed E-state index contributed by atoms with van der Waals surface area (Å²) in [4.78, 5) is 14.0. The molecule has 0 amide bonds. The number of benzene rings is 1. The van der Waals surface area contributed by atoms with Gasteiger partial charge in [-0.2, -0.15) is 0 Å². The third-order valence-electron chi connectivity index (χ3n) is 4.29. The Hall–Kier alpha value is -1.98. The van der Waals surface area contributed by atoms with Gasteiger partial charge in [0.25, 0.3) is 0 Å². The van der Waals surface area contributed by atoms with Gasteiger partial charge in [0.2, 0.25) is 5.75 Å². The molecule has 0 aliphatic rings. The summed E-state index contributed by atoms with van der Waals surface area (Å²) in [5.74, 6) is 0.521. The fourth-order valence-electron chi connectivity index (χ4n) is 2.89. The molecule has 0 radical (unpaired) electrons. The Labute approximate surface area is 153 Å². The average molecular weight is 366 g/mol. The minimum Gasteiger partial charge on any atom is -0.486 e. The van der Waals surface area contributed by atoms with Crippen LogP contribution in [-0.4, -0.2) is 31.1 Å². The first-order chi connectivity index (χ1) is 11.7. The van der Waals surface area contributed by atoms with Crippen LogP contribution in [0.4, 0.5) is 0 Å². The minimum atomic E-state index is -0.389. The molecular weight excluding hydrogens is 342 g/mol. The summed E-state index contributed by atoms with van der Waals surface area (Å²) < 4.78 is 16.8. The van der Waals surface area contributed by atoms with Crippen LogP contribution >= 0.6 is 12.4 Å². The largest absolute Gasteiger partial charge is 0.486 e. The van der Waals surface area contributed by atoms with E-state index in [0.717, 1.165) is 43.2 Å². The Bertz CT molecular complexity index is 867. The van der Waals surface area contributed by atoms with E-state index in [9.17, 15) is 4.79 Å². The number of hydrogen-bond acceptors (Lipinski definition) is 5. The van der Waals surface area contributed by atoms with Crippen molar-refractivity contribution in [1.82, 2.24) is 4.90 Å². The maximum atomic E-state index is 11.6. The van der Waals surface area contributed by atoms with Crippen molar-refractivity contribution in [3.8, 4) is 5.75 Å². The van der Waals surface area contributed by atoms with Gasteiger partial charge in [0.15, 0.2) is 11.2 Å². The Balaban J connectivity index is 0.00000225. The van der Waals surface area contributed by atoms with Crippen LogP contribution in [0, 0.1) is 0 Å². The lowest BCUT2D eigenvalue weighted by Gasteiger charge is -2.17. The highest BCUT2D eigenvalue weighted by Crippen LogP contribution is 2.34. The molecule has 0 saturated carbocycles. The second-order valence-electron chi connectivity index (χ2n) is 5.80. The van der Waals surface area contributed by atoms with Crippen molar-refractivity contribution in [2.24, 2.45) is 0 Å². The SMILES string of the molecule is CCN(CC)CCCCOc1c2occc2cc2ccc(=O)oc12.Cl. The van der Waals surface area contributed by atoms with Crippen LogP contribution in [0.5, 0.6) is 5.75 Å². The fraction of sp³-hybridized carbons (Fsp3) is 0.421. The van der Waals surface area contributed by atoms with Gasteiger partial charge < -0.3 is 18.5 Å². The summed E-state index contributed by atoms with van der Waals surface area (Å²) in [5.41, 5.74) is 0.689. The van der Waals surface area contributed by atoms with Crippen LogP contribution in [0.3, 0.4) is 0 Å². The number of rotatable bonds is 8. The average Bonchev–Trinajstić information content (AvgIpc) is 3.05. The topological polar surface area (TPSA) is 55.8 Å². The van der Waals surface area contributed by atoms with Crippen molar-refractivity contribution < 1.29 is 13.6 Å². The lowest BCUT2D eigenvalue weighted by atomic mass is 10.1. The van der Waals surface area contributed by atoms with E-state index in [2.05, 4.69) is 18.7 Å². The van der Waals surface area contributed by atoms with Gasteiger partial charge in [-0.25, -0.2) is 4.79 Å². The lowest BCUT2D eigenvalue weighted by Crippen LogP contribution is -2.24. The Kier molecular flexibility index (Phi) is 6.91. The van der Waals surface area contributed by atoms with E-state index in [0.29, 0.717) is 23.5 Å². The second kappa shape index (κ2) is 8.92. The van der Waals surface area contributed by atoms with Crippen molar-refractivity contribution in [3.05, 3.63) is 40.9 Å². The molecule has 5 nitrogen and oxygen atoms in total. The van der Waals surface area contributed by atoms with Gasteiger partial charge in [-0.15, -0.1) is 12.4 Å². The van der Waals surface area contributed by atoms with Gasteiger partial charge in [0.05, 0.1) is 12.9 Å². The molecule has 2 heterocycles. The molecule has 1 aromatic carbocycles. The van der Waals surface area contributed by atoms with Crippen LogP contribution < -0.4 is 10.4 Å². The molecular formula is C19H24ClNO4. The molecule has 6 heteroatoms. The Morgan fingerprint density at radius 1 is 1.04 bits per heavy atom. The highest BCUT2D eigenvalue weighted by atomic mass is 35.5. The van der Waals surface area contributed by atoms with E-state index >= 15 is 0 Å². The summed E-state index contributed by atoms with van der Waals surface area (Å²) in [6.45, 7) is 8.11. The molecule has 0 spiro atoms. The molecule has 0 N–H and O–H groups in total. The van der Waals surface area contributed by atoms with Gasteiger partial charge >= 0.3 is 5.63 Å². The Morgan fingerprint density at radius 3 is 2.56 bits per heavy atom. The van der Waals surface area contributed by atoms with E-state index in [-0.39, 0.29) is 18.0 Å². The molecule has 0 atom stereocenters. The molecule has 0 bridgehead atoms. The third kappa shape index (κ3) is 4.35. The van der Waals surface area contributed by atoms with Crippen molar-refractivity contribution in [3.63, 3.8) is 0 Å². The summed E-state index contributed by atoms with van der Waals surface area (Å²) >= 11 is 0. The smallest absolute Gasteiger partial charge is 0.336 e. The highest BCUT2D eigenvalue weighted by Gasteiger charge is 2.14. The molecule has 0 fully saturated rings. The third-order valence-corrected chi connectivity index (χ3v) is 4.29. The van der Waals surface area contributed by atoms with Crippen molar-refractivity contribution in [2.75, 3.05) is 26.2 Å². The number of ether oxygens (including phenoxy) is 1. The summed E-state index contributed by atoms with van der Waals surface area (Å²) in [6.07, 6.45) is 3.62. The first kappa shape index (κ1) is 19.3. The minimum absolute atomic E-state index is 0. The zero-order chi connectivity index (χ0) is 16.9. The van der Waals surface area contributed by atoms with Gasteiger partial charge in [-0.3, -0.25) is 0 Å². The number of hydrogen-bond donors (Lipinski definition) is 0. The van der Waals surface area contributed by atoms with Gasteiger partial charge in [-0.05, 0) is 50.7 Å². The number of halogens is 1. The summed E-state index contributed by atoms with van der Waals surface area (Å²) in [5, 5.41) is 1.77. The molecule has 3 aromatic rings. The van der Waals surface area contributed by atoms with Crippen LogP contribution in [-0.2, 0) is 0 Å². The lowest BCUT2D eigenvalue weighted by molar-refractivity contribution is 0.265. The van der Waals surface area contributed by atoms with Crippen LogP contribution in [0.2, 0.25) is 0 Å². The first-order valence-corrected chi connectivity index (χ1v) is 8.52. The number of unbranched alkanes of at least 4 members (excludes halogenated alkanes) is 1. The molecule has 3 rings (SSSR count). The first-order valence-electron chi connectivity index (χ1n) is 8.52. The Morgan fingerprint density at radius 2 is 1.80 bits per heavy atom. The number of fused-ring (bicyclic) bond motifs is 2. The predicted octanol–water partition coefficient (Wildman–Crippen LogP) is 4.46. The molecule has 0 aliphatic heterocycles. The van der Waals surface area contributed by atoms with E-state index in [1.54, 1.807) is 12.3 Å². The van der Waals surface area contributed by atoms with Crippen LogP contribution in [0.1, 0.15) is 26.7 Å². The second-order valence-corrected chi connectivity index (χ2v) is 5.80. The zero-order valence-corrected chi connectivity index (χ0v) is 15.4. The number of furan rings is 1. The maximum Gasteiger partial charge on any atom is 0.336 e. The van der Waals surface area contributed by atoms with Crippen molar-refractivity contribution >= 4 is 34.3 Å². The van der Waals surface area contributed by atoms with E-state index in [1.807, 2.05) is 12.1 Å². The van der Waals surface area contributed by atoms with Crippen molar-refractivity contribution in [2.45, 2.75) is 26.7 Å². The molecule has 136 valence electrons. The van der Waals surface area contributed by atoms with E-state index in [4.69, 9.17) is 13.6 Å². The standard InChI is InChI=1S/C19H23NO4.ClH/c1-3-20(4-2)10-5-6-11-22-19-17-15(9-12-23-17)13-14-7-8-16(21)24-18(14)19;/h7-9,12-13H,3-6,10-11H2,1-2H3;1H. The van der Waals surface area contributed by atoms with Crippen LogP contribution in [0.25, 0.3) is 21.9 Å². The zero-order valence-electron chi connectivity index (χ0n) is 14.6. The quantitative estimate of drug-likeness (QED) is 0.435. The van der Waals surface area contributed by atoms with Gasteiger partial charge in [0, 0.05) is 16.8 Å². The number of nitrogens with zero attached hydrogens (tertiary/aromatic N) is 1. The summed E-state index contributed by atoms with van der Waals surface area (Å²) in [6, 6.07) is 6.99. The predicted molar refractivity (Wildman–Crippen MR) is 102 cm³/mol. The highest BCUT2D eigenvalue weighted by molar-refractivity contribution is 5.99. The maximum absolute atomic E-state index is 11.6. The fourth-order valence-corrected chi connectivity index (χ4v) is 2.89. The van der Waals surface area contributed by atoms with E-state index in [1.165, 1.54) is 6.07 Å². The van der Waals surface area contributed by atoms with Crippen molar-refractivity contribution in [1.29, 1.82) is 0 Å². The summed E-state index contributed by atoms with van der Waals surface area (Å²) in [7, 11) is 0. The van der Waals surface area contributed by atoms with Crippen LogP contribution in [0.15, 0.2) is 44.2 Å². The molecule has 2 aromatic heterocycles. The van der Waals surface area contributed by atoms with Gasteiger partial charge in [0.1, 0.15) is 0 Å². The molecule has 0 aliphatic carbocycles. The van der Waals surface area contributed by atoms with Gasteiger partial charge in [-0.1, -0.05) is 13.8 Å².